The van der Waals surface area contributed by atoms with Crippen molar-refractivity contribution in [3.05, 3.63) is 72.4 Å². The van der Waals surface area contributed by atoms with E-state index >= 15 is 0 Å². The van der Waals surface area contributed by atoms with Crippen molar-refractivity contribution in [2.45, 2.75) is 37.1 Å². The lowest BCUT2D eigenvalue weighted by Gasteiger charge is -2.32. The molecule has 2 heterocycles. The smallest absolute Gasteiger partial charge is 0.256 e. The molecule has 1 aliphatic heterocycles. The molecule has 7 nitrogen and oxygen atoms in total. The average molecular weight is 425 g/mol. The maximum atomic E-state index is 13.1. The third kappa shape index (κ3) is 4.15. The zero-order chi connectivity index (χ0) is 21.1. The highest BCUT2D eigenvalue weighted by atomic mass is 32.2. The number of hydrogen-bond donors (Lipinski definition) is 1. The maximum Gasteiger partial charge on any atom is 0.256 e. The van der Waals surface area contributed by atoms with Crippen molar-refractivity contribution < 1.29 is 13.2 Å². The summed E-state index contributed by atoms with van der Waals surface area (Å²) in [4.78, 5) is 12.8. The first-order valence-corrected chi connectivity index (χ1v) is 11.4. The number of piperidine rings is 1. The van der Waals surface area contributed by atoms with E-state index in [9.17, 15) is 13.2 Å². The van der Waals surface area contributed by atoms with E-state index in [2.05, 4.69) is 10.4 Å². The third-order valence-corrected chi connectivity index (χ3v) is 7.31. The first kappa shape index (κ1) is 20.3. The molecule has 1 N–H and O–H groups in total. The van der Waals surface area contributed by atoms with E-state index < -0.39 is 15.9 Å². The molecular formula is C22H24N4O3S. The number of carbonyl (C=O) groups excluding carboxylic acids is 1. The van der Waals surface area contributed by atoms with Crippen molar-refractivity contribution in [1.82, 2.24) is 14.1 Å². The summed E-state index contributed by atoms with van der Waals surface area (Å²) in [5.74, 6) is -0.0150. The molecule has 1 amide bonds. The van der Waals surface area contributed by atoms with Gasteiger partial charge in [0.25, 0.3) is 5.91 Å². The zero-order valence-corrected chi connectivity index (χ0v) is 17.5. The highest BCUT2D eigenvalue weighted by Gasteiger charge is 2.31. The van der Waals surface area contributed by atoms with Crippen LogP contribution in [0.25, 0.3) is 5.69 Å². The van der Waals surface area contributed by atoms with Gasteiger partial charge < -0.3 is 5.32 Å². The molecule has 1 fully saturated rings. The van der Waals surface area contributed by atoms with Crippen molar-refractivity contribution in [1.29, 1.82) is 0 Å². The van der Waals surface area contributed by atoms with E-state index in [4.69, 9.17) is 0 Å². The van der Waals surface area contributed by atoms with Gasteiger partial charge in [-0.05, 0) is 50.1 Å². The largest absolute Gasteiger partial charge is 0.305 e. The Kier molecular flexibility index (Phi) is 5.69. The predicted octanol–water partition coefficient (Wildman–Crippen LogP) is 3.69. The molecule has 156 valence electrons. The Balaban J connectivity index is 1.53. The Labute approximate surface area is 176 Å². The Morgan fingerprint density at radius 1 is 1.07 bits per heavy atom. The summed E-state index contributed by atoms with van der Waals surface area (Å²) in [5.41, 5.74) is 1.15. The van der Waals surface area contributed by atoms with Gasteiger partial charge in [-0.15, -0.1) is 0 Å². The molecule has 0 aliphatic carbocycles. The van der Waals surface area contributed by atoms with E-state index in [1.807, 2.05) is 37.3 Å². The van der Waals surface area contributed by atoms with Gasteiger partial charge in [0.2, 0.25) is 10.0 Å². The summed E-state index contributed by atoms with van der Waals surface area (Å²) in [6.07, 6.45) is 4.49. The first-order chi connectivity index (χ1) is 14.4. The molecule has 4 rings (SSSR count). The van der Waals surface area contributed by atoms with Crippen LogP contribution in [0.5, 0.6) is 0 Å². The Morgan fingerprint density at radius 3 is 2.63 bits per heavy atom. The van der Waals surface area contributed by atoms with Crippen LogP contribution < -0.4 is 5.32 Å². The number of sulfonamides is 1. The number of aromatic nitrogens is 2. The van der Waals surface area contributed by atoms with Crippen LogP contribution in [-0.4, -0.2) is 41.0 Å². The second-order valence-electron chi connectivity index (χ2n) is 7.42. The molecule has 1 atom stereocenters. The molecule has 0 spiro atoms. The fourth-order valence-corrected chi connectivity index (χ4v) is 5.41. The summed E-state index contributed by atoms with van der Waals surface area (Å²) in [7, 11) is -3.64. The third-order valence-electron chi connectivity index (χ3n) is 5.30. The topological polar surface area (TPSA) is 84.3 Å². The predicted molar refractivity (Wildman–Crippen MR) is 115 cm³/mol. The highest BCUT2D eigenvalue weighted by Crippen LogP contribution is 2.25. The van der Waals surface area contributed by atoms with Crippen LogP contribution in [0.15, 0.2) is 71.8 Å². The Morgan fingerprint density at radius 2 is 1.87 bits per heavy atom. The zero-order valence-electron chi connectivity index (χ0n) is 16.7. The normalized spacial score (nSPS) is 17.6. The second-order valence-corrected chi connectivity index (χ2v) is 9.31. The maximum absolute atomic E-state index is 13.1. The number of carbonyl (C=O) groups is 1. The van der Waals surface area contributed by atoms with E-state index in [-0.39, 0.29) is 16.5 Å². The molecule has 0 radical (unpaired) electrons. The molecule has 1 saturated heterocycles. The van der Waals surface area contributed by atoms with E-state index in [0.717, 1.165) is 24.9 Å². The lowest BCUT2D eigenvalue weighted by molar-refractivity contribution is 0.102. The lowest BCUT2D eigenvalue weighted by atomic mass is 10.1. The number of amides is 1. The second kappa shape index (κ2) is 8.41. The van der Waals surface area contributed by atoms with Crippen molar-refractivity contribution in [3.63, 3.8) is 0 Å². The Hall–Kier alpha value is -2.97. The fourth-order valence-electron chi connectivity index (χ4n) is 3.67. The van der Waals surface area contributed by atoms with E-state index in [1.165, 1.54) is 16.4 Å². The highest BCUT2D eigenvalue weighted by molar-refractivity contribution is 7.89. The summed E-state index contributed by atoms with van der Waals surface area (Å²) in [6, 6.07) is 17.4. The van der Waals surface area contributed by atoms with Crippen LogP contribution in [0.2, 0.25) is 0 Å². The SMILES string of the molecule is CC1CCCCN1S(=O)(=O)c1cccc(C(=O)Nc2ccn(-c3ccccc3)n2)c1. The number of benzene rings is 2. The van der Waals surface area contributed by atoms with Crippen LogP contribution in [0.4, 0.5) is 5.82 Å². The van der Waals surface area contributed by atoms with Crippen molar-refractivity contribution in [2.24, 2.45) is 0 Å². The first-order valence-electron chi connectivity index (χ1n) is 9.99. The van der Waals surface area contributed by atoms with E-state index in [0.29, 0.717) is 12.4 Å². The summed E-state index contributed by atoms with van der Waals surface area (Å²) in [6.45, 7) is 2.44. The van der Waals surface area contributed by atoms with Crippen molar-refractivity contribution in [3.8, 4) is 5.69 Å². The molecule has 2 aromatic carbocycles. The molecule has 30 heavy (non-hydrogen) atoms. The minimum Gasteiger partial charge on any atom is -0.305 e. The monoisotopic (exact) mass is 424 g/mol. The quantitative estimate of drug-likeness (QED) is 0.677. The van der Waals surface area contributed by atoms with Crippen molar-refractivity contribution >= 4 is 21.7 Å². The number of para-hydroxylation sites is 1. The minimum absolute atomic E-state index is 0.0387. The standard InChI is InChI=1S/C22H24N4O3S/c1-17-8-5-6-14-26(17)30(28,29)20-12-7-9-18(16-20)22(27)23-21-13-15-25(24-21)19-10-3-2-4-11-19/h2-4,7,9-13,15-17H,5-6,8,14H2,1H3,(H,23,24,27). The molecule has 3 aromatic rings. The van der Waals surface area contributed by atoms with Crippen molar-refractivity contribution in [2.75, 3.05) is 11.9 Å². The van der Waals surface area contributed by atoms with Gasteiger partial charge in [0.1, 0.15) is 0 Å². The molecular weight excluding hydrogens is 400 g/mol. The molecule has 8 heteroatoms. The minimum atomic E-state index is -3.64. The number of hydrogen-bond acceptors (Lipinski definition) is 4. The molecule has 0 saturated carbocycles. The molecule has 1 aliphatic rings. The van der Waals surface area contributed by atoms with Gasteiger partial charge in [-0.1, -0.05) is 30.7 Å². The molecule has 0 bridgehead atoms. The van der Waals surface area contributed by atoms with Gasteiger partial charge in [0.05, 0.1) is 10.6 Å². The van der Waals surface area contributed by atoms with Crippen LogP contribution in [-0.2, 0) is 10.0 Å². The van der Waals surface area contributed by atoms with Crippen LogP contribution >= 0.6 is 0 Å². The molecule has 1 unspecified atom stereocenters. The Bertz CT molecular complexity index is 1140. The van der Waals surface area contributed by atoms with Gasteiger partial charge in [0, 0.05) is 30.4 Å². The van der Waals surface area contributed by atoms with Gasteiger partial charge >= 0.3 is 0 Å². The van der Waals surface area contributed by atoms with Gasteiger partial charge in [-0.3, -0.25) is 4.79 Å². The number of nitrogens with zero attached hydrogens (tertiary/aromatic N) is 3. The number of anilines is 1. The molecule has 1 aromatic heterocycles. The fraction of sp³-hybridized carbons (Fsp3) is 0.273. The van der Waals surface area contributed by atoms with Gasteiger partial charge in [-0.25, -0.2) is 13.1 Å². The van der Waals surface area contributed by atoms with Crippen LogP contribution in [0.1, 0.15) is 36.5 Å². The number of nitrogens with one attached hydrogen (secondary N) is 1. The average Bonchev–Trinajstić information content (AvgIpc) is 3.23. The van der Waals surface area contributed by atoms with Crippen LogP contribution in [0, 0.1) is 0 Å². The summed E-state index contributed by atoms with van der Waals surface area (Å²) in [5, 5.41) is 7.09. The van der Waals surface area contributed by atoms with E-state index in [1.54, 1.807) is 29.1 Å². The lowest BCUT2D eigenvalue weighted by Crippen LogP contribution is -2.41. The van der Waals surface area contributed by atoms with Gasteiger partial charge in [-0.2, -0.15) is 9.40 Å². The van der Waals surface area contributed by atoms with Crippen LogP contribution in [0.3, 0.4) is 0 Å². The summed E-state index contributed by atoms with van der Waals surface area (Å²) < 4.78 is 29.3. The van der Waals surface area contributed by atoms with Gasteiger partial charge in [0.15, 0.2) is 5.82 Å². The number of rotatable bonds is 5. The summed E-state index contributed by atoms with van der Waals surface area (Å²) >= 11 is 0.